The number of nitrogens with one attached hydrogen (secondary N) is 1. The zero-order valence-electron chi connectivity index (χ0n) is 21.4. The van der Waals surface area contributed by atoms with Crippen LogP contribution >= 0.6 is 11.3 Å². The van der Waals surface area contributed by atoms with Crippen molar-refractivity contribution in [2.45, 2.75) is 37.5 Å². The van der Waals surface area contributed by atoms with Gasteiger partial charge in [-0.25, -0.2) is 0 Å². The van der Waals surface area contributed by atoms with Crippen LogP contribution in [-0.2, 0) is 23.1 Å². The lowest BCUT2D eigenvalue weighted by atomic mass is 10.1. The third-order valence-corrected chi connectivity index (χ3v) is 7.93. The molecule has 2 aliphatic heterocycles. The van der Waals surface area contributed by atoms with E-state index in [9.17, 15) is 19.5 Å². The highest BCUT2D eigenvalue weighted by Crippen LogP contribution is 2.36. The molecule has 0 spiro atoms. The second-order valence-corrected chi connectivity index (χ2v) is 10.7. The molecule has 10 nitrogen and oxygen atoms in total. The molecule has 1 fully saturated rings. The van der Waals surface area contributed by atoms with E-state index in [0.29, 0.717) is 23.6 Å². The van der Waals surface area contributed by atoms with Crippen LogP contribution in [0.1, 0.15) is 28.9 Å². The van der Waals surface area contributed by atoms with Gasteiger partial charge < -0.3 is 25.0 Å². The molecular formula is C27H31N5O5S. The van der Waals surface area contributed by atoms with Crippen LogP contribution in [0.2, 0.25) is 0 Å². The maximum Gasteiger partial charge on any atom is 0.271 e. The number of aliphatic hydroxyl groups is 1. The van der Waals surface area contributed by atoms with Gasteiger partial charge in [0.15, 0.2) is 0 Å². The van der Waals surface area contributed by atoms with Crippen molar-refractivity contribution < 1.29 is 24.2 Å². The summed E-state index contributed by atoms with van der Waals surface area (Å²) >= 11 is 1.46. The van der Waals surface area contributed by atoms with Gasteiger partial charge in [-0.05, 0) is 35.9 Å². The van der Waals surface area contributed by atoms with E-state index >= 15 is 0 Å². The zero-order chi connectivity index (χ0) is 26.8. The van der Waals surface area contributed by atoms with Gasteiger partial charge in [0.25, 0.3) is 5.91 Å². The number of fused-ring (bicyclic) bond motifs is 5. The molecule has 0 radical (unpaired) electrons. The summed E-state index contributed by atoms with van der Waals surface area (Å²) < 4.78 is 7.68. The van der Waals surface area contributed by atoms with E-state index in [0.717, 1.165) is 10.4 Å². The lowest BCUT2D eigenvalue weighted by molar-refractivity contribution is -0.138. The topological polar surface area (TPSA) is 117 Å². The van der Waals surface area contributed by atoms with Crippen molar-refractivity contribution >= 4 is 29.1 Å². The van der Waals surface area contributed by atoms with Gasteiger partial charge in [-0.15, -0.1) is 11.3 Å². The fourth-order valence-corrected chi connectivity index (χ4v) is 5.78. The monoisotopic (exact) mass is 537 g/mol. The maximum absolute atomic E-state index is 13.8. The number of benzene rings is 1. The number of aromatic nitrogens is 2. The Bertz CT molecular complexity index is 1320. The average molecular weight is 538 g/mol. The number of aryl methyl sites for hydroxylation is 1. The molecule has 0 saturated carbocycles. The molecule has 38 heavy (non-hydrogen) atoms. The standard InChI is InChI=1S/C27H31N5O5S/c1-30-10-8-20(28-24(34)12-17-6-4-3-5-7-17)26(35)32-15-19(33)13-18(32)16-37-23-9-11-38-25(23)21-14-22(27(30)36)31(2)29-21/h3-7,9,11,14,18-20,33H,8,10,12-13,15-16H2,1-2H3,(H,28,34)/t18-,19-,20-/m0/s1. The second-order valence-electron chi connectivity index (χ2n) is 9.80. The number of thiophene rings is 1. The first-order valence-corrected chi connectivity index (χ1v) is 13.5. The van der Waals surface area contributed by atoms with Crippen molar-refractivity contribution in [3.63, 3.8) is 0 Å². The Morgan fingerprint density at radius 1 is 1.21 bits per heavy atom. The summed E-state index contributed by atoms with van der Waals surface area (Å²) in [5.74, 6) is -0.207. The number of hydrogen-bond acceptors (Lipinski definition) is 7. The van der Waals surface area contributed by atoms with E-state index in [4.69, 9.17) is 4.74 Å². The molecule has 4 heterocycles. The minimum atomic E-state index is -0.863. The molecule has 3 atom stereocenters. The smallest absolute Gasteiger partial charge is 0.271 e. The van der Waals surface area contributed by atoms with E-state index < -0.39 is 12.1 Å². The van der Waals surface area contributed by atoms with Gasteiger partial charge >= 0.3 is 0 Å². The van der Waals surface area contributed by atoms with Gasteiger partial charge in [-0.2, -0.15) is 5.10 Å². The summed E-state index contributed by atoms with van der Waals surface area (Å²) in [5.41, 5.74) is 1.88. The van der Waals surface area contributed by atoms with Crippen molar-refractivity contribution in [1.29, 1.82) is 0 Å². The van der Waals surface area contributed by atoms with E-state index in [1.807, 2.05) is 41.8 Å². The minimum absolute atomic E-state index is 0.132. The number of carbonyl (C=O) groups excluding carboxylic acids is 3. The van der Waals surface area contributed by atoms with E-state index in [1.165, 1.54) is 16.2 Å². The lowest BCUT2D eigenvalue weighted by Crippen LogP contribution is -2.52. The number of rotatable bonds is 3. The molecule has 0 aliphatic carbocycles. The van der Waals surface area contributed by atoms with Crippen molar-refractivity contribution in [2.24, 2.45) is 7.05 Å². The van der Waals surface area contributed by atoms with Crippen molar-refractivity contribution in [3.05, 3.63) is 59.1 Å². The largest absolute Gasteiger partial charge is 0.490 e. The predicted molar refractivity (Wildman–Crippen MR) is 142 cm³/mol. The molecule has 1 aromatic carbocycles. The third kappa shape index (κ3) is 5.44. The average Bonchev–Trinajstić information content (AvgIpc) is 3.62. The van der Waals surface area contributed by atoms with Crippen molar-refractivity contribution in [2.75, 3.05) is 26.7 Å². The summed E-state index contributed by atoms with van der Waals surface area (Å²) in [4.78, 5) is 43.9. The highest BCUT2D eigenvalue weighted by atomic mass is 32.1. The molecule has 5 rings (SSSR count). The molecule has 0 unspecified atom stereocenters. The summed E-state index contributed by atoms with van der Waals surface area (Å²) in [5, 5.41) is 19.8. The Labute approximate surface area is 224 Å². The Kier molecular flexibility index (Phi) is 7.48. The highest BCUT2D eigenvalue weighted by molar-refractivity contribution is 7.14. The Morgan fingerprint density at radius 2 is 2.00 bits per heavy atom. The van der Waals surface area contributed by atoms with Crippen LogP contribution in [0.4, 0.5) is 0 Å². The number of aliphatic hydroxyl groups excluding tert-OH is 1. The van der Waals surface area contributed by atoms with Crippen LogP contribution in [0.5, 0.6) is 5.75 Å². The summed E-state index contributed by atoms with van der Waals surface area (Å²) in [7, 11) is 3.39. The normalized spacial score (nSPS) is 22.2. The molecule has 2 aromatic heterocycles. The Balaban J connectivity index is 1.44. The van der Waals surface area contributed by atoms with E-state index in [-0.39, 0.29) is 56.3 Å². The number of hydrogen-bond donors (Lipinski definition) is 2. The first-order chi connectivity index (χ1) is 18.3. The molecule has 2 bridgehead atoms. The van der Waals surface area contributed by atoms with Crippen LogP contribution in [0.3, 0.4) is 0 Å². The molecule has 1 saturated heterocycles. The van der Waals surface area contributed by atoms with Crippen LogP contribution in [0.25, 0.3) is 10.6 Å². The predicted octanol–water partition coefficient (Wildman–Crippen LogP) is 1.69. The van der Waals surface area contributed by atoms with Gasteiger partial charge in [0.1, 0.15) is 29.8 Å². The molecule has 2 aliphatic rings. The highest BCUT2D eigenvalue weighted by Gasteiger charge is 2.38. The summed E-state index contributed by atoms with van der Waals surface area (Å²) in [6, 6.07) is 11.7. The van der Waals surface area contributed by atoms with Gasteiger partial charge in [-0.1, -0.05) is 30.3 Å². The third-order valence-electron chi connectivity index (χ3n) is 7.01. The second kappa shape index (κ2) is 11.0. The van der Waals surface area contributed by atoms with Crippen LogP contribution in [0.15, 0.2) is 47.8 Å². The van der Waals surface area contributed by atoms with Gasteiger partial charge in [0.2, 0.25) is 11.8 Å². The van der Waals surface area contributed by atoms with Gasteiger partial charge in [-0.3, -0.25) is 19.1 Å². The van der Waals surface area contributed by atoms with E-state index in [1.54, 1.807) is 29.7 Å². The maximum atomic E-state index is 13.8. The number of nitrogens with zero attached hydrogens (tertiary/aromatic N) is 4. The number of ether oxygens (including phenoxy) is 1. The van der Waals surface area contributed by atoms with Crippen LogP contribution < -0.4 is 10.1 Å². The van der Waals surface area contributed by atoms with Gasteiger partial charge in [0.05, 0.1) is 23.4 Å². The molecule has 200 valence electrons. The quantitative estimate of drug-likeness (QED) is 0.525. The molecule has 3 aromatic rings. The first kappa shape index (κ1) is 25.9. The number of amides is 3. The summed E-state index contributed by atoms with van der Waals surface area (Å²) in [6.07, 6.45) is 0.0476. The summed E-state index contributed by atoms with van der Waals surface area (Å²) in [6.45, 7) is 0.589. The van der Waals surface area contributed by atoms with Crippen LogP contribution in [-0.4, -0.2) is 87.3 Å². The van der Waals surface area contributed by atoms with Gasteiger partial charge in [0, 0.05) is 27.2 Å². The molecule has 11 heteroatoms. The minimum Gasteiger partial charge on any atom is -0.490 e. The SMILES string of the molecule is CN1CC[C@H](NC(=O)Cc2ccccc2)C(=O)N2C[C@@H](O)C[C@H]2COc2ccsc2-c2cc(n(C)n2)C1=O. The van der Waals surface area contributed by atoms with Crippen LogP contribution in [0, 0.1) is 0 Å². The Morgan fingerprint density at radius 3 is 2.79 bits per heavy atom. The molecule has 3 amide bonds. The fourth-order valence-electron chi connectivity index (χ4n) is 4.99. The fraction of sp³-hybridized carbons (Fsp3) is 0.407. The zero-order valence-corrected chi connectivity index (χ0v) is 22.2. The Hall–Kier alpha value is -3.70. The number of carbonyl (C=O) groups is 3. The lowest BCUT2D eigenvalue weighted by Gasteiger charge is -2.30. The van der Waals surface area contributed by atoms with E-state index in [2.05, 4.69) is 10.4 Å². The molecule has 2 N–H and O–H groups in total. The van der Waals surface area contributed by atoms with Crippen molar-refractivity contribution in [3.8, 4) is 16.3 Å². The molecular weight excluding hydrogens is 506 g/mol. The first-order valence-electron chi connectivity index (χ1n) is 12.6. The van der Waals surface area contributed by atoms with Crippen molar-refractivity contribution in [1.82, 2.24) is 24.9 Å².